The van der Waals surface area contributed by atoms with Crippen molar-refractivity contribution in [2.24, 2.45) is 22.7 Å². The highest BCUT2D eigenvalue weighted by Crippen LogP contribution is 2.67. The lowest BCUT2D eigenvalue weighted by Gasteiger charge is -2.52. The Morgan fingerprint density at radius 1 is 1.16 bits per heavy atom. The summed E-state index contributed by atoms with van der Waals surface area (Å²) in [5, 5.41) is 0. The second-order valence-corrected chi connectivity index (χ2v) is 9.16. The summed E-state index contributed by atoms with van der Waals surface area (Å²) in [6.07, 6.45) is 7.98. The summed E-state index contributed by atoms with van der Waals surface area (Å²) in [6, 6.07) is 0. The molecule has 0 aromatic heterocycles. The van der Waals surface area contributed by atoms with Crippen molar-refractivity contribution < 1.29 is 14.0 Å². The average Bonchev–Trinajstić information content (AvgIpc) is 2.86. The molecule has 0 heterocycles. The Morgan fingerprint density at radius 2 is 1.92 bits per heavy atom. The lowest BCUT2D eigenvalue weighted by molar-refractivity contribution is -0.141. The van der Waals surface area contributed by atoms with Crippen molar-refractivity contribution in [2.45, 2.75) is 78.3 Å². The molecule has 0 unspecified atom stereocenters. The number of Topliss-reactive ketones (excluding diaryl/α,β-unsaturated/α-hetero) is 1. The molecule has 0 radical (unpaired) electrons. The maximum absolute atomic E-state index is 13.9. The fourth-order valence-corrected chi connectivity index (χ4v) is 6.64. The van der Waals surface area contributed by atoms with Crippen LogP contribution in [0.4, 0.5) is 4.39 Å². The van der Waals surface area contributed by atoms with Crippen LogP contribution in [0.2, 0.25) is 0 Å². The second kappa shape index (κ2) is 5.62. The SMILES string of the molecule is C[C@@H](F)C(=O)[C@@]1(C)CC[C@H]2[C@@H]3CCC4=CC(=O)CCC4=C3CC[C@@]21C. The van der Waals surface area contributed by atoms with Gasteiger partial charge in [0.05, 0.1) is 0 Å². The maximum atomic E-state index is 13.9. The molecule has 136 valence electrons. The van der Waals surface area contributed by atoms with Gasteiger partial charge in [-0.3, -0.25) is 9.59 Å². The topological polar surface area (TPSA) is 34.1 Å². The van der Waals surface area contributed by atoms with E-state index in [1.54, 1.807) is 5.57 Å². The van der Waals surface area contributed by atoms with Gasteiger partial charge in [-0.05, 0) is 86.3 Å². The first kappa shape index (κ1) is 17.2. The minimum Gasteiger partial charge on any atom is -0.296 e. The van der Waals surface area contributed by atoms with E-state index in [4.69, 9.17) is 0 Å². The van der Waals surface area contributed by atoms with Gasteiger partial charge in [0, 0.05) is 11.8 Å². The summed E-state index contributed by atoms with van der Waals surface area (Å²) < 4.78 is 13.9. The molecule has 0 saturated heterocycles. The summed E-state index contributed by atoms with van der Waals surface area (Å²) >= 11 is 0. The lowest BCUT2D eigenvalue weighted by Crippen LogP contribution is -2.49. The van der Waals surface area contributed by atoms with E-state index in [0.717, 1.165) is 44.9 Å². The molecule has 0 N–H and O–H groups in total. The van der Waals surface area contributed by atoms with Crippen molar-refractivity contribution in [3.8, 4) is 0 Å². The van der Waals surface area contributed by atoms with Crippen molar-refractivity contribution in [3.63, 3.8) is 0 Å². The first-order valence-corrected chi connectivity index (χ1v) is 9.92. The van der Waals surface area contributed by atoms with Gasteiger partial charge in [-0.2, -0.15) is 0 Å². The number of hydrogen-bond acceptors (Lipinski definition) is 2. The van der Waals surface area contributed by atoms with E-state index in [9.17, 15) is 14.0 Å². The summed E-state index contributed by atoms with van der Waals surface area (Å²) in [6.45, 7) is 5.68. The Bertz CT molecular complexity index is 701. The highest BCUT2D eigenvalue weighted by Gasteiger charge is 2.62. The quantitative estimate of drug-likeness (QED) is 0.696. The first-order valence-electron chi connectivity index (χ1n) is 9.92. The number of allylic oxidation sites excluding steroid dienone is 4. The molecule has 0 amide bonds. The Kier molecular flexibility index (Phi) is 3.86. The monoisotopic (exact) mass is 344 g/mol. The van der Waals surface area contributed by atoms with Crippen LogP contribution in [0, 0.1) is 22.7 Å². The van der Waals surface area contributed by atoms with Crippen LogP contribution < -0.4 is 0 Å². The zero-order valence-corrected chi connectivity index (χ0v) is 15.7. The third kappa shape index (κ3) is 2.27. The molecule has 2 saturated carbocycles. The Labute approximate surface area is 149 Å². The van der Waals surface area contributed by atoms with Gasteiger partial charge in [0.1, 0.15) is 0 Å². The molecule has 4 aliphatic carbocycles. The van der Waals surface area contributed by atoms with Crippen LogP contribution in [-0.4, -0.2) is 17.7 Å². The van der Waals surface area contributed by atoms with Gasteiger partial charge in [0.15, 0.2) is 17.7 Å². The highest BCUT2D eigenvalue weighted by molar-refractivity contribution is 5.93. The minimum absolute atomic E-state index is 0.0924. The summed E-state index contributed by atoms with van der Waals surface area (Å²) in [7, 11) is 0. The van der Waals surface area contributed by atoms with Gasteiger partial charge in [0.25, 0.3) is 0 Å². The number of ketones is 2. The fraction of sp³-hybridized carbons (Fsp3) is 0.727. The molecular weight excluding hydrogens is 315 g/mol. The van der Waals surface area contributed by atoms with E-state index in [1.807, 2.05) is 13.0 Å². The van der Waals surface area contributed by atoms with Crippen molar-refractivity contribution in [3.05, 3.63) is 22.8 Å². The molecule has 0 aromatic rings. The number of carbonyl (C=O) groups is 2. The largest absolute Gasteiger partial charge is 0.296 e. The molecule has 0 aliphatic heterocycles. The Balaban J connectivity index is 1.72. The van der Waals surface area contributed by atoms with Crippen molar-refractivity contribution >= 4 is 11.6 Å². The van der Waals surface area contributed by atoms with Crippen LogP contribution in [0.5, 0.6) is 0 Å². The van der Waals surface area contributed by atoms with E-state index in [0.29, 0.717) is 18.3 Å². The van der Waals surface area contributed by atoms with Crippen LogP contribution in [-0.2, 0) is 9.59 Å². The van der Waals surface area contributed by atoms with Gasteiger partial charge in [0.2, 0.25) is 0 Å². The third-order valence-electron chi connectivity index (χ3n) is 8.24. The smallest absolute Gasteiger partial charge is 0.172 e. The third-order valence-corrected chi connectivity index (χ3v) is 8.24. The molecular formula is C22H29FO2. The van der Waals surface area contributed by atoms with Crippen LogP contribution in [0.15, 0.2) is 22.8 Å². The number of halogens is 1. The van der Waals surface area contributed by atoms with E-state index < -0.39 is 11.6 Å². The molecule has 4 rings (SSSR count). The summed E-state index contributed by atoms with van der Waals surface area (Å²) in [5.41, 5.74) is 3.68. The van der Waals surface area contributed by atoms with Crippen LogP contribution >= 0.6 is 0 Å². The van der Waals surface area contributed by atoms with Crippen LogP contribution in [0.3, 0.4) is 0 Å². The predicted molar refractivity (Wildman–Crippen MR) is 95.8 cm³/mol. The van der Waals surface area contributed by atoms with Crippen LogP contribution in [0.25, 0.3) is 0 Å². The molecule has 2 fully saturated rings. The molecule has 3 heteroatoms. The van der Waals surface area contributed by atoms with Gasteiger partial charge >= 0.3 is 0 Å². The molecule has 25 heavy (non-hydrogen) atoms. The van der Waals surface area contributed by atoms with Gasteiger partial charge < -0.3 is 0 Å². The number of carbonyl (C=O) groups excluding carboxylic acids is 2. The van der Waals surface area contributed by atoms with Crippen LogP contribution in [0.1, 0.15) is 72.1 Å². The normalized spacial score (nSPS) is 41.6. The molecule has 0 spiro atoms. The van der Waals surface area contributed by atoms with Gasteiger partial charge in [-0.15, -0.1) is 0 Å². The molecule has 2 nitrogen and oxygen atoms in total. The zero-order chi connectivity index (χ0) is 18.0. The van der Waals surface area contributed by atoms with Gasteiger partial charge in [-0.1, -0.05) is 19.4 Å². The lowest BCUT2D eigenvalue weighted by atomic mass is 9.51. The van der Waals surface area contributed by atoms with E-state index in [2.05, 4.69) is 6.92 Å². The summed E-state index contributed by atoms with van der Waals surface area (Å²) in [5.74, 6) is 1.10. The van der Waals surface area contributed by atoms with Crippen molar-refractivity contribution in [1.29, 1.82) is 0 Å². The zero-order valence-electron chi connectivity index (χ0n) is 15.7. The Morgan fingerprint density at radius 3 is 2.64 bits per heavy atom. The van der Waals surface area contributed by atoms with E-state index in [-0.39, 0.29) is 17.0 Å². The number of rotatable bonds is 2. The first-order chi connectivity index (χ1) is 11.8. The summed E-state index contributed by atoms with van der Waals surface area (Å²) in [4.78, 5) is 24.5. The van der Waals surface area contributed by atoms with Gasteiger partial charge in [-0.25, -0.2) is 4.39 Å². The fourth-order valence-electron chi connectivity index (χ4n) is 6.64. The van der Waals surface area contributed by atoms with E-state index >= 15 is 0 Å². The molecule has 5 atom stereocenters. The number of hydrogen-bond donors (Lipinski definition) is 0. The Hall–Kier alpha value is -1.25. The predicted octanol–water partition coefficient (Wildman–Crippen LogP) is 5.13. The molecule has 0 bridgehead atoms. The molecule has 4 aliphatic rings. The minimum atomic E-state index is -1.37. The average molecular weight is 344 g/mol. The molecule has 0 aromatic carbocycles. The van der Waals surface area contributed by atoms with E-state index in [1.165, 1.54) is 18.1 Å². The second-order valence-electron chi connectivity index (χ2n) is 9.16. The standard InChI is InChI=1S/C22H29FO2/c1-13(23)20(25)22(3)11-9-19-18-6-4-14-12-15(24)5-7-16(14)17(18)8-10-21(19,22)2/h12-13,18-19H,4-11H2,1-3H3/t13-,18-,19+,21+,22-/m1/s1. The number of alkyl halides is 1. The number of fused-ring (bicyclic) bond motifs is 4. The highest BCUT2D eigenvalue weighted by atomic mass is 19.1. The van der Waals surface area contributed by atoms with Crippen molar-refractivity contribution in [1.82, 2.24) is 0 Å². The maximum Gasteiger partial charge on any atom is 0.172 e. The van der Waals surface area contributed by atoms with Crippen molar-refractivity contribution in [2.75, 3.05) is 0 Å².